The number of hydrogen-bond acceptors (Lipinski definition) is 2. The van der Waals surface area contributed by atoms with Gasteiger partial charge in [-0.3, -0.25) is 4.90 Å². The highest BCUT2D eigenvalue weighted by Crippen LogP contribution is 2.44. The summed E-state index contributed by atoms with van der Waals surface area (Å²) < 4.78 is 0. The van der Waals surface area contributed by atoms with Crippen LogP contribution in [-0.4, -0.2) is 36.1 Å². The molecule has 0 spiro atoms. The number of hydrogen-bond donors (Lipinski definition) is 1. The first-order valence-corrected chi connectivity index (χ1v) is 5.62. The molecule has 2 rings (SSSR count). The molecule has 13 heavy (non-hydrogen) atoms. The first-order chi connectivity index (χ1) is 6.14. The first-order valence-electron chi connectivity index (χ1n) is 5.62. The monoisotopic (exact) mass is 182 g/mol. The second-order valence-corrected chi connectivity index (χ2v) is 5.10. The summed E-state index contributed by atoms with van der Waals surface area (Å²) in [5.74, 6) is 0.961. The molecule has 1 atom stereocenters. The topological polar surface area (TPSA) is 15.3 Å². The van der Waals surface area contributed by atoms with Crippen LogP contribution in [0, 0.1) is 5.92 Å². The zero-order chi connectivity index (χ0) is 9.47. The fourth-order valence-electron chi connectivity index (χ4n) is 2.83. The minimum Gasteiger partial charge on any atom is -0.314 e. The standard InChI is InChI=1S/C11H22N2/c1-9(2)13-7-6-12-8-11(13,3)10-4-5-10/h9-10,12H,4-8H2,1-3H3. The van der Waals surface area contributed by atoms with Gasteiger partial charge in [0.25, 0.3) is 0 Å². The molecule has 2 heteroatoms. The zero-order valence-corrected chi connectivity index (χ0v) is 9.14. The van der Waals surface area contributed by atoms with Crippen LogP contribution < -0.4 is 5.32 Å². The van der Waals surface area contributed by atoms with E-state index in [1.54, 1.807) is 0 Å². The molecule has 0 aromatic carbocycles. The lowest BCUT2D eigenvalue weighted by Gasteiger charge is -2.48. The Hall–Kier alpha value is -0.0800. The molecule has 1 saturated heterocycles. The predicted molar refractivity (Wildman–Crippen MR) is 55.8 cm³/mol. The molecule has 1 aliphatic heterocycles. The van der Waals surface area contributed by atoms with E-state index in [1.807, 2.05) is 0 Å². The fourth-order valence-corrected chi connectivity index (χ4v) is 2.83. The lowest BCUT2D eigenvalue weighted by atomic mass is 9.90. The Balaban J connectivity index is 2.11. The van der Waals surface area contributed by atoms with Gasteiger partial charge < -0.3 is 5.32 Å². The molecular weight excluding hydrogens is 160 g/mol. The number of nitrogens with one attached hydrogen (secondary N) is 1. The highest BCUT2D eigenvalue weighted by Gasteiger charge is 2.47. The summed E-state index contributed by atoms with van der Waals surface area (Å²) >= 11 is 0. The van der Waals surface area contributed by atoms with Crippen molar-refractivity contribution in [2.45, 2.75) is 45.2 Å². The fraction of sp³-hybridized carbons (Fsp3) is 1.00. The van der Waals surface area contributed by atoms with E-state index in [9.17, 15) is 0 Å². The smallest absolute Gasteiger partial charge is 0.0337 e. The van der Waals surface area contributed by atoms with E-state index in [2.05, 4.69) is 31.0 Å². The molecule has 0 amide bonds. The third-order valence-corrected chi connectivity index (χ3v) is 3.75. The van der Waals surface area contributed by atoms with Gasteiger partial charge in [-0.05, 0) is 39.5 Å². The van der Waals surface area contributed by atoms with Crippen LogP contribution in [0.3, 0.4) is 0 Å². The van der Waals surface area contributed by atoms with Crippen LogP contribution in [0.2, 0.25) is 0 Å². The van der Waals surface area contributed by atoms with Crippen LogP contribution in [0.15, 0.2) is 0 Å². The number of rotatable bonds is 2. The average molecular weight is 182 g/mol. The maximum atomic E-state index is 3.54. The van der Waals surface area contributed by atoms with E-state index in [4.69, 9.17) is 0 Å². The largest absolute Gasteiger partial charge is 0.314 e. The molecule has 1 aliphatic carbocycles. The predicted octanol–water partition coefficient (Wildman–Crippen LogP) is 1.47. The van der Waals surface area contributed by atoms with Gasteiger partial charge in [-0.15, -0.1) is 0 Å². The molecule has 1 N–H and O–H groups in total. The Morgan fingerprint density at radius 3 is 2.62 bits per heavy atom. The molecule has 2 fully saturated rings. The lowest BCUT2D eigenvalue weighted by molar-refractivity contribution is 0.0283. The van der Waals surface area contributed by atoms with E-state index < -0.39 is 0 Å². The third-order valence-electron chi connectivity index (χ3n) is 3.75. The Labute approximate surface area is 81.7 Å². The van der Waals surface area contributed by atoms with Gasteiger partial charge in [0.2, 0.25) is 0 Å². The summed E-state index contributed by atoms with van der Waals surface area (Å²) in [6, 6.07) is 0.702. The molecular formula is C11H22N2. The van der Waals surface area contributed by atoms with Crippen molar-refractivity contribution in [3.05, 3.63) is 0 Å². The maximum absolute atomic E-state index is 3.54. The number of piperazine rings is 1. The van der Waals surface area contributed by atoms with Crippen molar-refractivity contribution in [2.24, 2.45) is 5.92 Å². The Morgan fingerprint density at radius 1 is 1.38 bits per heavy atom. The summed E-state index contributed by atoms with van der Waals surface area (Å²) in [4.78, 5) is 2.70. The van der Waals surface area contributed by atoms with E-state index >= 15 is 0 Å². The first kappa shape index (κ1) is 9.47. The molecule has 2 nitrogen and oxygen atoms in total. The van der Waals surface area contributed by atoms with Crippen LogP contribution in [0.1, 0.15) is 33.6 Å². The average Bonchev–Trinajstić information content (AvgIpc) is 2.86. The molecule has 0 bridgehead atoms. The van der Waals surface area contributed by atoms with Crippen molar-refractivity contribution in [1.82, 2.24) is 10.2 Å². The molecule has 0 aromatic heterocycles. The Morgan fingerprint density at radius 2 is 2.08 bits per heavy atom. The third kappa shape index (κ3) is 1.62. The highest BCUT2D eigenvalue weighted by molar-refractivity contribution is 5.03. The minimum absolute atomic E-state index is 0.451. The van der Waals surface area contributed by atoms with E-state index in [0.717, 1.165) is 5.92 Å². The maximum Gasteiger partial charge on any atom is 0.0337 e. The summed E-state index contributed by atoms with van der Waals surface area (Å²) in [7, 11) is 0. The van der Waals surface area contributed by atoms with E-state index in [1.165, 1.54) is 32.5 Å². The molecule has 2 aliphatic rings. The van der Waals surface area contributed by atoms with E-state index in [0.29, 0.717) is 11.6 Å². The molecule has 1 unspecified atom stereocenters. The molecule has 1 saturated carbocycles. The van der Waals surface area contributed by atoms with Gasteiger partial charge in [-0.25, -0.2) is 0 Å². The molecule has 0 radical (unpaired) electrons. The summed E-state index contributed by atoms with van der Waals surface area (Å²) in [5, 5.41) is 3.54. The molecule has 1 heterocycles. The van der Waals surface area contributed by atoms with Gasteiger partial charge in [0.05, 0.1) is 0 Å². The van der Waals surface area contributed by atoms with E-state index in [-0.39, 0.29) is 0 Å². The van der Waals surface area contributed by atoms with Crippen molar-refractivity contribution in [3.8, 4) is 0 Å². The second-order valence-electron chi connectivity index (χ2n) is 5.10. The van der Waals surface area contributed by atoms with Crippen LogP contribution in [0.25, 0.3) is 0 Å². The van der Waals surface area contributed by atoms with Crippen molar-refractivity contribution in [2.75, 3.05) is 19.6 Å². The number of nitrogens with zero attached hydrogens (tertiary/aromatic N) is 1. The Bertz CT molecular complexity index is 187. The van der Waals surface area contributed by atoms with Crippen LogP contribution in [0.4, 0.5) is 0 Å². The van der Waals surface area contributed by atoms with Crippen molar-refractivity contribution in [3.63, 3.8) is 0 Å². The minimum atomic E-state index is 0.451. The van der Waals surface area contributed by atoms with Gasteiger partial charge in [0.15, 0.2) is 0 Å². The van der Waals surface area contributed by atoms with Gasteiger partial charge in [0.1, 0.15) is 0 Å². The van der Waals surface area contributed by atoms with Crippen molar-refractivity contribution < 1.29 is 0 Å². The van der Waals surface area contributed by atoms with Gasteiger partial charge >= 0.3 is 0 Å². The van der Waals surface area contributed by atoms with Crippen molar-refractivity contribution in [1.29, 1.82) is 0 Å². The van der Waals surface area contributed by atoms with Crippen LogP contribution >= 0.6 is 0 Å². The Kier molecular flexibility index (Phi) is 2.37. The lowest BCUT2D eigenvalue weighted by Crippen LogP contribution is -2.62. The second kappa shape index (κ2) is 3.25. The normalized spacial score (nSPS) is 36.9. The summed E-state index contributed by atoms with van der Waals surface area (Å²) in [6.45, 7) is 10.7. The van der Waals surface area contributed by atoms with Crippen LogP contribution in [0.5, 0.6) is 0 Å². The zero-order valence-electron chi connectivity index (χ0n) is 9.14. The summed E-state index contributed by atoms with van der Waals surface area (Å²) in [5.41, 5.74) is 0.451. The quantitative estimate of drug-likeness (QED) is 0.695. The SMILES string of the molecule is CC(C)N1CCNCC1(C)C1CC1. The van der Waals surface area contributed by atoms with Gasteiger partial charge in [-0.2, -0.15) is 0 Å². The highest BCUT2D eigenvalue weighted by atomic mass is 15.3. The van der Waals surface area contributed by atoms with Gasteiger partial charge in [-0.1, -0.05) is 0 Å². The molecule has 76 valence electrons. The molecule has 0 aromatic rings. The van der Waals surface area contributed by atoms with Crippen LogP contribution in [-0.2, 0) is 0 Å². The van der Waals surface area contributed by atoms with Gasteiger partial charge in [0, 0.05) is 31.2 Å². The van der Waals surface area contributed by atoms with Crippen molar-refractivity contribution >= 4 is 0 Å². The summed E-state index contributed by atoms with van der Waals surface area (Å²) in [6.07, 6.45) is 2.89.